The van der Waals surface area contributed by atoms with Gasteiger partial charge in [0.05, 0.1) is 14.2 Å². The number of unbranched alkanes of at least 4 members (excludes halogenated alkanes) is 1. The second kappa shape index (κ2) is 8.03. The van der Waals surface area contributed by atoms with Gasteiger partial charge in [0.2, 0.25) is 0 Å². The molecule has 1 saturated heterocycles. The smallest absolute Gasteiger partial charge is 0.303 e. The molecule has 1 aliphatic rings. The van der Waals surface area contributed by atoms with Crippen molar-refractivity contribution in [2.75, 3.05) is 27.3 Å². The van der Waals surface area contributed by atoms with Crippen molar-refractivity contribution in [2.45, 2.75) is 38.1 Å². The van der Waals surface area contributed by atoms with Crippen molar-refractivity contribution >= 4 is 5.97 Å². The SMILES string of the molecule is COc1ccc(C2CCCN2CCCCC(=O)O)c(OC)c1. The predicted molar refractivity (Wildman–Crippen MR) is 84.6 cm³/mol. The quantitative estimate of drug-likeness (QED) is 0.748. The molecule has 1 N–H and O–H groups in total. The first-order valence-corrected chi connectivity index (χ1v) is 7.83. The monoisotopic (exact) mass is 307 g/mol. The average Bonchev–Trinajstić information content (AvgIpc) is 2.98. The summed E-state index contributed by atoms with van der Waals surface area (Å²) in [5.74, 6) is 0.947. The summed E-state index contributed by atoms with van der Waals surface area (Å²) in [4.78, 5) is 13.0. The first-order valence-electron chi connectivity index (χ1n) is 7.83. The lowest BCUT2D eigenvalue weighted by molar-refractivity contribution is -0.137. The molecule has 0 radical (unpaired) electrons. The molecule has 22 heavy (non-hydrogen) atoms. The maximum Gasteiger partial charge on any atom is 0.303 e. The Bertz CT molecular complexity index is 503. The molecule has 0 amide bonds. The molecule has 5 nitrogen and oxygen atoms in total. The summed E-state index contributed by atoms with van der Waals surface area (Å²) >= 11 is 0. The summed E-state index contributed by atoms with van der Waals surface area (Å²) in [7, 11) is 3.34. The number of ether oxygens (including phenoxy) is 2. The van der Waals surface area contributed by atoms with Crippen molar-refractivity contribution in [2.24, 2.45) is 0 Å². The molecule has 2 rings (SSSR count). The minimum Gasteiger partial charge on any atom is -0.497 e. The number of hydrogen-bond donors (Lipinski definition) is 1. The Hall–Kier alpha value is -1.75. The summed E-state index contributed by atoms with van der Waals surface area (Å²) in [5, 5.41) is 8.71. The van der Waals surface area contributed by atoms with E-state index in [1.807, 2.05) is 12.1 Å². The van der Waals surface area contributed by atoms with Crippen LogP contribution in [0.4, 0.5) is 0 Å². The van der Waals surface area contributed by atoms with Gasteiger partial charge in [0, 0.05) is 24.1 Å². The van der Waals surface area contributed by atoms with Crippen molar-refractivity contribution in [1.82, 2.24) is 4.90 Å². The van der Waals surface area contributed by atoms with Gasteiger partial charge < -0.3 is 14.6 Å². The minimum absolute atomic E-state index is 0.254. The molecule has 0 aliphatic carbocycles. The predicted octanol–water partition coefficient (Wildman–Crippen LogP) is 3.10. The fourth-order valence-electron chi connectivity index (χ4n) is 3.13. The standard InChI is InChI=1S/C17H25NO4/c1-21-13-8-9-14(16(12-13)22-2)15-6-5-11-18(15)10-4-3-7-17(19)20/h8-9,12,15H,3-7,10-11H2,1-2H3,(H,19,20). The van der Waals surface area contributed by atoms with Crippen molar-refractivity contribution in [1.29, 1.82) is 0 Å². The van der Waals surface area contributed by atoms with E-state index in [1.165, 1.54) is 12.0 Å². The number of likely N-dealkylation sites (tertiary alicyclic amines) is 1. The molecule has 0 aromatic heterocycles. The number of benzene rings is 1. The van der Waals surface area contributed by atoms with E-state index >= 15 is 0 Å². The van der Waals surface area contributed by atoms with E-state index in [1.54, 1.807) is 14.2 Å². The van der Waals surface area contributed by atoms with Crippen LogP contribution < -0.4 is 9.47 Å². The van der Waals surface area contributed by atoms with Gasteiger partial charge in [0.1, 0.15) is 11.5 Å². The van der Waals surface area contributed by atoms with Crippen molar-refractivity contribution in [3.05, 3.63) is 23.8 Å². The van der Waals surface area contributed by atoms with E-state index in [2.05, 4.69) is 11.0 Å². The molecular formula is C17H25NO4. The van der Waals surface area contributed by atoms with E-state index in [4.69, 9.17) is 14.6 Å². The molecule has 1 unspecified atom stereocenters. The van der Waals surface area contributed by atoms with E-state index < -0.39 is 5.97 Å². The molecule has 0 saturated carbocycles. The molecule has 1 aliphatic heterocycles. The summed E-state index contributed by atoms with van der Waals surface area (Å²) in [6.45, 7) is 2.00. The first-order chi connectivity index (χ1) is 10.7. The fourth-order valence-corrected chi connectivity index (χ4v) is 3.13. The Kier molecular flexibility index (Phi) is 6.07. The van der Waals surface area contributed by atoms with Gasteiger partial charge in [-0.2, -0.15) is 0 Å². The van der Waals surface area contributed by atoms with Gasteiger partial charge in [-0.1, -0.05) is 6.07 Å². The number of nitrogens with zero attached hydrogens (tertiary/aromatic N) is 1. The van der Waals surface area contributed by atoms with Crippen LogP contribution in [-0.4, -0.2) is 43.3 Å². The maximum atomic E-state index is 10.6. The second-order valence-corrected chi connectivity index (χ2v) is 5.65. The van der Waals surface area contributed by atoms with Gasteiger partial charge in [-0.05, 0) is 44.8 Å². The Labute approximate surface area is 131 Å². The van der Waals surface area contributed by atoms with Gasteiger partial charge in [0.25, 0.3) is 0 Å². The van der Waals surface area contributed by atoms with Crippen LogP contribution in [0.2, 0.25) is 0 Å². The highest BCUT2D eigenvalue weighted by Gasteiger charge is 2.28. The van der Waals surface area contributed by atoms with Gasteiger partial charge in [-0.25, -0.2) is 0 Å². The van der Waals surface area contributed by atoms with Crippen LogP contribution in [0, 0.1) is 0 Å². The molecule has 1 fully saturated rings. The largest absolute Gasteiger partial charge is 0.497 e. The lowest BCUT2D eigenvalue weighted by atomic mass is 10.0. The highest BCUT2D eigenvalue weighted by atomic mass is 16.5. The second-order valence-electron chi connectivity index (χ2n) is 5.65. The van der Waals surface area contributed by atoms with Gasteiger partial charge in [-0.3, -0.25) is 9.69 Å². The minimum atomic E-state index is -0.713. The van der Waals surface area contributed by atoms with Crippen LogP contribution >= 0.6 is 0 Å². The van der Waals surface area contributed by atoms with Crippen LogP contribution in [0.25, 0.3) is 0 Å². The summed E-state index contributed by atoms with van der Waals surface area (Å²) < 4.78 is 10.8. The zero-order chi connectivity index (χ0) is 15.9. The lowest BCUT2D eigenvalue weighted by Gasteiger charge is -2.26. The molecule has 1 atom stereocenters. The summed E-state index contributed by atoms with van der Waals surface area (Å²) in [5.41, 5.74) is 1.19. The third kappa shape index (κ3) is 4.13. The first kappa shape index (κ1) is 16.6. The number of carboxylic acids is 1. The molecule has 5 heteroatoms. The van der Waals surface area contributed by atoms with Crippen molar-refractivity contribution < 1.29 is 19.4 Å². The van der Waals surface area contributed by atoms with Crippen LogP contribution in [0.1, 0.15) is 43.7 Å². The van der Waals surface area contributed by atoms with Crippen LogP contribution in [-0.2, 0) is 4.79 Å². The molecule has 1 heterocycles. The molecule has 0 bridgehead atoms. The topological polar surface area (TPSA) is 59.0 Å². The van der Waals surface area contributed by atoms with E-state index in [0.29, 0.717) is 6.04 Å². The summed E-state index contributed by atoms with van der Waals surface area (Å²) in [6.07, 6.45) is 4.18. The van der Waals surface area contributed by atoms with Crippen molar-refractivity contribution in [3.63, 3.8) is 0 Å². The van der Waals surface area contributed by atoms with Gasteiger partial charge >= 0.3 is 5.97 Å². The summed E-state index contributed by atoms with van der Waals surface area (Å²) in [6, 6.07) is 6.33. The third-order valence-electron chi connectivity index (χ3n) is 4.25. The number of aliphatic carboxylic acids is 1. The lowest BCUT2D eigenvalue weighted by Crippen LogP contribution is -2.25. The highest BCUT2D eigenvalue weighted by molar-refractivity contribution is 5.66. The molecular weight excluding hydrogens is 282 g/mol. The van der Waals surface area contributed by atoms with E-state index in [0.717, 1.165) is 43.9 Å². The highest BCUT2D eigenvalue weighted by Crippen LogP contribution is 2.38. The van der Waals surface area contributed by atoms with Gasteiger partial charge in [-0.15, -0.1) is 0 Å². The fraction of sp³-hybridized carbons (Fsp3) is 0.588. The number of rotatable bonds is 8. The Morgan fingerprint density at radius 3 is 2.82 bits per heavy atom. The molecule has 122 valence electrons. The zero-order valence-electron chi connectivity index (χ0n) is 13.4. The number of carbonyl (C=O) groups is 1. The number of hydrogen-bond acceptors (Lipinski definition) is 4. The number of carboxylic acid groups (broad SMARTS) is 1. The van der Waals surface area contributed by atoms with E-state index in [9.17, 15) is 4.79 Å². The molecule has 1 aromatic carbocycles. The van der Waals surface area contributed by atoms with Crippen LogP contribution in [0.15, 0.2) is 18.2 Å². The average molecular weight is 307 g/mol. The Morgan fingerprint density at radius 2 is 2.14 bits per heavy atom. The van der Waals surface area contributed by atoms with Crippen LogP contribution in [0.3, 0.4) is 0 Å². The number of methoxy groups -OCH3 is 2. The normalized spacial score (nSPS) is 18.4. The Morgan fingerprint density at radius 1 is 1.32 bits per heavy atom. The zero-order valence-corrected chi connectivity index (χ0v) is 13.4. The Balaban J connectivity index is 2.02. The van der Waals surface area contributed by atoms with Gasteiger partial charge in [0.15, 0.2) is 0 Å². The third-order valence-corrected chi connectivity index (χ3v) is 4.25. The van der Waals surface area contributed by atoms with Crippen LogP contribution in [0.5, 0.6) is 11.5 Å². The maximum absolute atomic E-state index is 10.6. The van der Waals surface area contributed by atoms with E-state index in [-0.39, 0.29) is 6.42 Å². The molecule has 1 aromatic rings. The molecule has 0 spiro atoms. The van der Waals surface area contributed by atoms with Crippen molar-refractivity contribution in [3.8, 4) is 11.5 Å².